The molecule has 8 N–H and O–H groups in total. The lowest BCUT2D eigenvalue weighted by Crippen LogP contribution is -2.39. The summed E-state index contributed by atoms with van der Waals surface area (Å²) in [5, 5.41) is 6.18. The third-order valence-electron chi connectivity index (χ3n) is 6.25. The van der Waals surface area contributed by atoms with Gasteiger partial charge in [0, 0.05) is 25.3 Å². The quantitative estimate of drug-likeness (QED) is 0.0639. The Morgan fingerprint density at radius 1 is 1.21 bits per heavy atom. The molecule has 1 aromatic rings. The molecular weight excluding hydrogens is 565 g/mol. The highest BCUT2D eigenvalue weighted by molar-refractivity contribution is 6.33. The second-order valence-electron chi connectivity index (χ2n) is 10.0. The van der Waals surface area contributed by atoms with E-state index in [4.69, 9.17) is 11.6 Å². The first-order chi connectivity index (χ1) is 19.9. The number of rotatable bonds is 11. The van der Waals surface area contributed by atoms with Crippen LogP contribution in [0.5, 0.6) is 0 Å². The Morgan fingerprint density at radius 3 is 2.31 bits per heavy atom. The van der Waals surface area contributed by atoms with Gasteiger partial charge in [0.2, 0.25) is 11.8 Å². The average Bonchev–Trinajstić information content (AvgIpc) is 3.71. The van der Waals surface area contributed by atoms with Gasteiger partial charge in [0.05, 0.1) is 11.9 Å². The highest BCUT2D eigenvalue weighted by Gasteiger charge is 2.38. The molecule has 3 rings (SSSR count). The number of carbonyl (C=O) groups is 2. The fourth-order valence-electron chi connectivity index (χ4n) is 4.24. The number of alkyl halides is 4. The first-order valence-electron chi connectivity index (χ1n) is 13.6. The SMILES string of the molecule is CC(C)N=C(C=O)/C=C\N.CN.NNC(=NCC(F)F)C(C1CC1)n1cc(NC(=O)CC2CCC(F)(F)CC2)c(F)n1. The second-order valence-corrected chi connectivity index (χ2v) is 10.0. The van der Waals surface area contributed by atoms with Gasteiger partial charge in [0.25, 0.3) is 12.4 Å². The number of carbonyl (C=O) groups excluding carboxylic acids is 2. The number of amides is 1. The number of hydrogen-bond donors (Lipinski definition) is 5. The number of allylic oxidation sites excluding steroid dienone is 1. The minimum absolute atomic E-state index is 0.00392. The average molecular weight is 608 g/mol. The van der Waals surface area contributed by atoms with Crippen molar-refractivity contribution < 1.29 is 31.5 Å². The van der Waals surface area contributed by atoms with Crippen LogP contribution < -0.4 is 28.1 Å². The molecule has 2 aliphatic carbocycles. The number of hydrogen-bond acceptors (Lipinski definition) is 8. The number of nitrogens with one attached hydrogen (secondary N) is 2. The van der Waals surface area contributed by atoms with Crippen LogP contribution in [0, 0.1) is 17.8 Å². The molecule has 0 saturated heterocycles. The summed E-state index contributed by atoms with van der Waals surface area (Å²) in [5.74, 6) is 1.20. The zero-order valence-electron chi connectivity index (χ0n) is 24.1. The fourth-order valence-corrected chi connectivity index (χ4v) is 4.24. The molecule has 238 valence electrons. The largest absolute Gasteiger partial charge is 0.405 e. The molecule has 1 atom stereocenters. The Labute approximate surface area is 242 Å². The van der Waals surface area contributed by atoms with Gasteiger partial charge in [-0.1, -0.05) is 0 Å². The molecule has 1 aromatic heterocycles. The molecule has 2 aliphatic rings. The van der Waals surface area contributed by atoms with Crippen molar-refractivity contribution in [1.29, 1.82) is 0 Å². The summed E-state index contributed by atoms with van der Waals surface area (Å²) in [4.78, 5) is 30.2. The van der Waals surface area contributed by atoms with Crippen LogP contribution in [0.3, 0.4) is 0 Å². The van der Waals surface area contributed by atoms with Gasteiger partial charge < -0.3 is 22.2 Å². The molecule has 0 bridgehead atoms. The van der Waals surface area contributed by atoms with E-state index < -0.39 is 36.8 Å². The summed E-state index contributed by atoms with van der Waals surface area (Å²) in [6.07, 6.45) is 3.59. The van der Waals surface area contributed by atoms with Crippen LogP contribution in [0.1, 0.15) is 64.8 Å². The first kappa shape index (κ1) is 36.6. The summed E-state index contributed by atoms with van der Waals surface area (Å²) in [6.45, 7) is 3.04. The van der Waals surface area contributed by atoms with Gasteiger partial charge in [-0.2, -0.15) is 4.39 Å². The number of aldehydes is 1. The molecule has 2 fully saturated rings. The summed E-state index contributed by atoms with van der Waals surface area (Å²) >= 11 is 0. The Balaban J connectivity index is 0.000000624. The standard InChI is InChI=1S/C18H25F5N6O.C7H12N2O.CH5N/c19-13(20)8-25-17(27-24)15(11-1-2-11)29-9-12(16(21)28-29)26-14(30)7-10-3-5-18(22,23)6-4-10;1-6(2)9-7(5-10)3-4-8;1-2/h9-11,13,15H,1-8,24H2,(H,25,27)(H,26,30);3-6H,8H2,1-2H3;2H2,1H3/b;4-3-,9-7?;. The van der Waals surface area contributed by atoms with Crippen LogP contribution in [0.15, 0.2) is 28.5 Å². The molecule has 0 aromatic carbocycles. The van der Waals surface area contributed by atoms with E-state index >= 15 is 0 Å². The van der Waals surface area contributed by atoms with E-state index in [0.717, 1.165) is 12.8 Å². The third kappa shape index (κ3) is 13.1. The van der Waals surface area contributed by atoms with Gasteiger partial charge >= 0.3 is 0 Å². The molecule has 1 unspecified atom stereocenters. The smallest absolute Gasteiger partial charge is 0.257 e. The maximum atomic E-state index is 14.3. The zero-order chi connectivity index (χ0) is 31.9. The Morgan fingerprint density at radius 2 is 1.83 bits per heavy atom. The Kier molecular flexibility index (Phi) is 15.9. The first-order valence-corrected chi connectivity index (χ1v) is 13.6. The maximum absolute atomic E-state index is 14.3. The minimum atomic E-state index is -2.68. The molecule has 1 amide bonds. The number of hydrazine groups is 1. The number of amidine groups is 1. The van der Waals surface area contributed by atoms with Crippen molar-refractivity contribution in [2.45, 2.75) is 83.2 Å². The van der Waals surface area contributed by atoms with Crippen molar-refractivity contribution in [3.8, 4) is 0 Å². The van der Waals surface area contributed by atoms with Gasteiger partial charge in [-0.25, -0.2) is 23.4 Å². The molecule has 1 heterocycles. The van der Waals surface area contributed by atoms with E-state index in [1.165, 1.54) is 30.2 Å². The highest BCUT2D eigenvalue weighted by Crippen LogP contribution is 2.41. The number of nitrogens with zero attached hydrogens (tertiary/aromatic N) is 4. The third-order valence-corrected chi connectivity index (χ3v) is 6.25. The number of anilines is 1. The lowest BCUT2D eigenvalue weighted by Gasteiger charge is -2.27. The molecule has 2 saturated carbocycles. The van der Waals surface area contributed by atoms with Crippen molar-refractivity contribution in [2.24, 2.45) is 39.1 Å². The lowest BCUT2D eigenvalue weighted by molar-refractivity contribution is -0.118. The maximum Gasteiger partial charge on any atom is 0.257 e. The predicted octanol–water partition coefficient (Wildman–Crippen LogP) is 3.34. The highest BCUT2D eigenvalue weighted by atomic mass is 19.3. The number of nitrogens with two attached hydrogens (primary N) is 3. The van der Waals surface area contributed by atoms with Gasteiger partial charge in [-0.3, -0.25) is 24.3 Å². The molecular formula is C26H42F5N9O2. The van der Waals surface area contributed by atoms with Crippen molar-refractivity contribution in [3.63, 3.8) is 0 Å². The number of halogens is 5. The lowest BCUT2D eigenvalue weighted by atomic mass is 9.84. The topological polar surface area (TPSA) is 179 Å². The van der Waals surface area contributed by atoms with E-state index in [9.17, 15) is 31.5 Å². The van der Waals surface area contributed by atoms with E-state index in [1.807, 2.05) is 13.8 Å². The van der Waals surface area contributed by atoms with Crippen LogP contribution in [-0.2, 0) is 9.59 Å². The molecule has 16 heteroatoms. The molecule has 0 radical (unpaired) electrons. The van der Waals surface area contributed by atoms with E-state index in [-0.39, 0.29) is 61.5 Å². The van der Waals surface area contributed by atoms with Crippen LogP contribution in [0.25, 0.3) is 0 Å². The number of aromatic nitrogens is 2. The van der Waals surface area contributed by atoms with Gasteiger partial charge in [-0.15, -0.1) is 5.10 Å². The molecule has 11 nitrogen and oxygen atoms in total. The normalized spacial score (nSPS) is 18.2. The monoisotopic (exact) mass is 607 g/mol. The van der Waals surface area contributed by atoms with E-state index in [1.54, 1.807) is 0 Å². The van der Waals surface area contributed by atoms with E-state index in [0.29, 0.717) is 12.0 Å². The summed E-state index contributed by atoms with van der Waals surface area (Å²) in [5.41, 5.74) is 12.1. The number of aliphatic imine (C=N–C) groups is 2. The summed E-state index contributed by atoms with van der Waals surface area (Å²) in [6, 6.07) is -0.522. The molecule has 0 spiro atoms. The van der Waals surface area contributed by atoms with Gasteiger partial charge in [-0.05, 0) is 70.7 Å². The summed E-state index contributed by atoms with van der Waals surface area (Å²) in [7, 11) is 1.50. The van der Waals surface area contributed by atoms with Crippen molar-refractivity contribution in [3.05, 3.63) is 24.4 Å². The second kappa shape index (κ2) is 18.2. The Hall–Kier alpha value is -3.40. The van der Waals surface area contributed by atoms with Crippen LogP contribution >= 0.6 is 0 Å². The van der Waals surface area contributed by atoms with Crippen molar-refractivity contribution in [1.82, 2.24) is 15.2 Å². The molecule has 0 aliphatic heterocycles. The minimum Gasteiger partial charge on any atom is -0.405 e. The van der Waals surface area contributed by atoms with Crippen LogP contribution in [-0.4, -0.2) is 65.5 Å². The zero-order valence-corrected chi connectivity index (χ0v) is 24.1. The van der Waals surface area contributed by atoms with Gasteiger partial charge in [0.15, 0.2) is 6.29 Å². The van der Waals surface area contributed by atoms with Gasteiger partial charge in [0.1, 0.15) is 24.1 Å². The van der Waals surface area contributed by atoms with Crippen LogP contribution in [0.4, 0.5) is 27.6 Å². The van der Waals surface area contributed by atoms with Crippen molar-refractivity contribution in [2.75, 3.05) is 18.9 Å². The molecule has 42 heavy (non-hydrogen) atoms. The predicted molar refractivity (Wildman–Crippen MR) is 152 cm³/mol. The fraction of sp³-hybridized carbons (Fsp3) is 0.654. The summed E-state index contributed by atoms with van der Waals surface area (Å²) < 4.78 is 67.0. The van der Waals surface area contributed by atoms with E-state index in [2.05, 4.69) is 31.6 Å². The Bertz CT molecular complexity index is 1060. The van der Waals surface area contributed by atoms with Crippen LogP contribution in [0.2, 0.25) is 0 Å². The van der Waals surface area contributed by atoms with Crippen molar-refractivity contribution >= 4 is 29.4 Å².